The van der Waals surface area contributed by atoms with E-state index in [1.54, 1.807) is 12.1 Å². The molecule has 0 spiro atoms. The van der Waals surface area contributed by atoms with Crippen LogP contribution in [-0.4, -0.2) is 32.0 Å². The molecule has 2 aromatic carbocycles. The molecule has 0 aliphatic heterocycles. The van der Waals surface area contributed by atoms with Crippen LogP contribution in [0.4, 0.5) is 0 Å². The number of carbonyl (C=O) groups excluding carboxylic acids is 2. The SMILES string of the molecule is CC(C)Cc1ccc(C(=O)NNC(=O)Cn2nnc(-c3ccccc3)n2)cc1. The maximum absolute atomic E-state index is 12.1. The van der Waals surface area contributed by atoms with E-state index in [1.165, 1.54) is 10.4 Å². The minimum absolute atomic E-state index is 0.159. The van der Waals surface area contributed by atoms with Gasteiger partial charge < -0.3 is 0 Å². The summed E-state index contributed by atoms with van der Waals surface area (Å²) in [6.07, 6.45) is 0.953. The summed E-state index contributed by atoms with van der Waals surface area (Å²) in [6.45, 7) is 4.12. The van der Waals surface area contributed by atoms with Gasteiger partial charge in [-0.05, 0) is 35.2 Å². The standard InChI is InChI=1S/C20H22N6O2/c1-14(2)12-15-8-10-17(11-9-15)20(28)23-21-18(27)13-26-24-19(22-25-26)16-6-4-3-5-7-16/h3-11,14H,12-13H2,1-2H3,(H,21,27)(H,23,28). The highest BCUT2D eigenvalue weighted by Gasteiger charge is 2.11. The van der Waals surface area contributed by atoms with E-state index in [9.17, 15) is 9.59 Å². The first-order chi connectivity index (χ1) is 13.5. The van der Waals surface area contributed by atoms with Crippen molar-refractivity contribution < 1.29 is 9.59 Å². The van der Waals surface area contributed by atoms with E-state index in [-0.39, 0.29) is 12.5 Å². The Morgan fingerprint density at radius 3 is 2.39 bits per heavy atom. The number of benzene rings is 2. The second-order valence-corrected chi connectivity index (χ2v) is 6.81. The van der Waals surface area contributed by atoms with Gasteiger partial charge in [-0.25, -0.2) is 0 Å². The van der Waals surface area contributed by atoms with Gasteiger partial charge in [0.1, 0.15) is 6.54 Å². The minimum Gasteiger partial charge on any atom is -0.271 e. The number of hydrogen-bond acceptors (Lipinski definition) is 5. The normalized spacial score (nSPS) is 10.7. The summed E-state index contributed by atoms with van der Waals surface area (Å²) in [5.74, 6) is 0.133. The lowest BCUT2D eigenvalue weighted by Gasteiger charge is -2.08. The fourth-order valence-electron chi connectivity index (χ4n) is 2.64. The molecule has 0 radical (unpaired) electrons. The van der Waals surface area contributed by atoms with Gasteiger partial charge in [0.25, 0.3) is 11.8 Å². The minimum atomic E-state index is -0.457. The zero-order chi connectivity index (χ0) is 19.9. The number of nitrogens with zero attached hydrogens (tertiary/aromatic N) is 4. The molecule has 0 atom stereocenters. The predicted octanol–water partition coefficient (Wildman–Crippen LogP) is 2.00. The highest BCUT2D eigenvalue weighted by molar-refractivity contribution is 5.95. The lowest BCUT2D eigenvalue weighted by atomic mass is 10.0. The predicted molar refractivity (Wildman–Crippen MR) is 104 cm³/mol. The van der Waals surface area contributed by atoms with Crippen LogP contribution in [0, 0.1) is 5.92 Å². The first-order valence-electron chi connectivity index (χ1n) is 9.02. The fourth-order valence-corrected chi connectivity index (χ4v) is 2.64. The van der Waals surface area contributed by atoms with Crippen LogP contribution in [-0.2, 0) is 17.8 Å². The van der Waals surface area contributed by atoms with Crippen molar-refractivity contribution in [3.8, 4) is 11.4 Å². The second-order valence-electron chi connectivity index (χ2n) is 6.81. The molecule has 3 rings (SSSR count). The number of rotatable bonds is 6. The average molecular weight is 378 g/mol. The van der Waals surface area contributed by atoms with Crippen LogP contribution < -0.4 is 10.9 Å². The van der Waals surface area contributed by atoms with Crippen molar-refractivity contribution >= 4 is 11.8 Å². The summed E-state index contributed by atoms with van der Waals surface area (Å²) in [6, 6.07) is 16.7. The van der Waals surface area contributed by atoms with Crippen molar-refractivity contribution in [2.75, 3.05) is 0 Å². The summed E-state index contributed by atoms with van der Waals surface area (Å²) in [4.78, 5) is 25.3. The Hall–Kier alpha value is -3.55. The van der Waals surface area contributed by atoms with Gasteiger partial charge >= 0.3 is 0 Å². The third-order valence-electron chi connectivity index (χ3n) is 3.95. The van der Waals surface area contributed by atoms with Gasteiger partial charge in [0.2, 0.25) is 5.82 Å². The molecule has 28 heavy (non-hydrogen) atoms. The summed E-state index contributed by atoms with van der Waals surface area (Å²) >= 11 is 0. The van der Waals surface area contributed by atoms with Crippen LogP contribution >= 0.6 is 0 Å². The van der Waals surface area contributed by atoms with Gasteiger partial charge in [-0.15, -0.1) is 10.2 Å². The Bertz CT molecular complexity index is 935. The molecule has 0 unspecified atom stereocenters. The smallest absolute Gasteiger partial charge is 0.269 e. The van der Waals surface area contributed by atoms with Crippen LogP contribution in [0.3, 0.4) is 0 Å². The summed E-state index contributed by atoms with van der Waals surface area (Å²) < 4.78 is 0. The Labute approximate surface area is 162 Å². The molecule has 0 aliphatic carbocycles. The third-order valence-corrected chi connectivity index (χ3v) is 3.95. The molecule has 0 aliphatic rings. The molecule has 8 nitrogen and oxygen atoms in total. The van der Waals surface area contributed by atoms with Gasteiger partial charge in [-0.3, -0.25) is 20.4 Å². The first kappa shape index (κ1) is 19.2. The molecule has 0 bridgehead atoms. The molecule has 8 heteroatoms. The van der Waals surface area contributed by atoms with E-state index >= 15 is 0 Å². The van der Waals surface area contributed by atoms with E-state index in [0.29, 0.717) is 17.3 Å². The molecule has 3 aromatic rings. The number of hydrogen-bond donors (Lipinski definition) is 2. The second kappa shape index (κ2) is 8.90. The number of amides is 2. The number of aromatic nitrogens is 4. The molecular weight excluding hydrogens is 356 g/mol. The molecule has 2 amide bonds. The van der Waals surface area contributed by atoms with Crippen molar-refractivity contribution in [3.05, 3.63) is 65.7 Å². The topological polar surface area (TPSA) is 102 Å². The molecule has 2 N–H and O–H groups in total. The molecule has 1 aromatic heterocycles. The van der Waals surface area contributed by atoms with Crippen molar-refractivity contribution in [2.24, 2.45) is 5.92 Å². The molecule has 0 fully saturated rings. The van der Waals surface area contributed by atoms with Crippen LogP contribution in [0.5, 0.6) is 0 Å². The molecule has 1 heterocycles. The fraction of sp³-hybridized carbons (Fsp3) is 0.250. The van der Waals surface area contributed by atoms with Crippen molar-refractivity contribution in [2.45, 2.75) is 26.8 Å². The number of tetrazole rings is 1. The van der Waals surface area contributed by atoms with Crippen LogP contribution in [0.1, 0.15) is 29.8 Å². The van der Waals surface area contributed by atoms with E-state index in [0.717, 1.165) is 12.0 Å². The maximum Gasteiger partial charge on any atom is 0.269 e. The molecular formula is C20H22N6O2. The van der Waals surface area contributed by atoms with Gasteiger partial charge in [0, 0.05) is 11.1 Å². The van der Waals surface area contributed by atoms with Crippen molar-refractivity contribution in [3.63, 3.8) is 0 Å². The van der Waals surface area contributed by atoms with Gasteiger partial charge in [-0.1, -0.05) is 56.3 Å². The molecule has 0 saturated heterocycles. The molecule has 144 valence electrons. The summed E-state index contributed by atoms with van der Waals surface area (Å²) in [7, 11) is 0. The number of hydrazine groups is 1. The van der Waals surface area contributed by atoms with Crippen molar-refractivity contribution in [1.82, 2.24) is 31.1 Å². The highest BCUT2D eigenvalue weighted by atomic mass is 16.2. The quantitative estimate of drug-likeness (QED) is 0.639. The number of nitrogens with one attached hydrogen (secondary N) is 2. The zero-order valence-electron chi connectivity index (χ0n) is 15.8. The Morgan fingerprint density at radius 2 is 1.71 bits per heavy atom. The summed E-state index contributed by atoms with van der Waals surface area (Å²) in [5, 5.41) is 11.9. The molecule has 0 saturated carbocycles. The van der Waals surface area contributed by atoms with Gasteiger partial charge in [0.15, 0.2) is 0 Å². The van der Waals surface area contributed by atoms with Crippen LogP contribution in [0.2, 0.25) is 0 Å². The Kier molecular flexibility index (Phi) is 6.11. The van der Waals surface area contributed by atoms with Crippen molar-refractivity contribution in [1.29, 1.82) is 0 Å². The lowest BCUT2D eigenvalue weighted by molar-refractivity contribution is -0.122. The van der Waals surface area contributed by atoms with Gasteiger partial charge in [-0.2, -0.15) is 4.80 Å². The maximum atomic E-state index is 12.1. The van der Waals surface area contributed by atoms with E-state index in [2.05, 4.69) is 40.1 Å². The van der Waals surface area contributed by atoms with Crippen LogP contribution in [0.25, 0.3) is 11.4 Å². The first-order valence-corrected chi connectivity index (χ1v) is 9.02. The number of carbonyl (C=O) groups is 2. The third kappa shape index (κ3) is 5.23. The van der Waals surface area contributed by atoms with E-state index < -0.39 is 5.91 Å². The van der Waals surface area contributed by atoms with E-state index in [1.807, 2.05) is 42.5 Å². The largest absolute Gasteiger partial charge is 0.271 e. The van der Waals surface area contributed by atoms with Gasteiger partial charge in [0.05, 0.1) is 0 Å². The Morgan fingerprint density at radius 1 is 1.00 bits per heavy atom. The van der Waals surface area contributed by atoms with Crippen LogP contribution in [0.15, 0.2) is 54.6 Å². The summed E-state index contributed by atoms with van der Waals surface area (Å²) in [5.41, 5.74) is 7.20. The zero-order valence-corrected chi connectivity index (χ0v) is 15.8. The lowest BCUT2D eigenvalue weighted by Crippen LogP contribution is -2.43. The Balaban J connectivity index is 1.50. The monoisotopic (exact) mass is 378 g/mol. The average Bonchev–Trinajstić information content (AvgIpc) is 3.15. The van der Waals surface area contributed by atoms with E-state index in [4.69, 9.17) is 0 Å². The highest BCUT2D eigenvalue weighted by Crippen LogP contribution is 2.12.